The Balaban J connectivity index is 1.03. The van der Waals surface area contributed by atoms with Crippen LogP contribution in [0.1, 0.15) is 77.0 Å². The van der Waals surface area contributed by atoms with Crippen molar-refractivity contribution in [3.8, 4) is 0 Å². The Labute approximate surface area is 185 Å². The molecule has 1 saturated heterocycles. The minimum Gasteiger partial charge on any atom is -0.377 e. The van der Waals surface area contributed by atoms with Gasteiger partial charge < -0.3 is 15.4 Å². The number of carbonyl (C=O) groups is 2. The average molecular weight is 427 g/mol. The van der Waals surface area contributed by atoms with Gasteiger partial charge in [-0.05, 0) is 113 Å². The van der Waals surface area contributed by atoms with Gasteiger partial charge in [-0.15, -0.1) is 0 Å². The predicted molar refractivity (Wildman–Crippen MR) is 116 cm³/mol. The molecule has 5 nitrogen and oxygen atoms in total. The van der Waals surface area contributed by atoms with Crippen LogP contribution in [0.5, 0.6) is 0 Å². The van der Waals surface area contributed by atoms with Crippen molar-refractivity contribution in [2.45, 2.75) is 89.1 Å². The molecule has 31 heavy (non-hydrogen) atoms. The van der Waals surface area contributed by atoms with E-state index in [4.69, 9.17) is 4.74 Å². The third-order valence-corrected chi connectivity index (χ3v) is 10.8. The molecule has 2 atom stereocenters. The number of hydrogen-bond donors (Lipinski definition) is 2. The Morgan fingerprint density at radius 1 is 0.548 bits per heavy atom. The summed E-state index contributed by atoms with van der Waals surface area (Å²) in [5, 5.41) is 6.77. The topological polar surface area (TPSA) is 67.4 Å². The number of amides is 2. The zero-order valence-corrected chi connectivity index (χ0v) is 18.7. The summed E-state index contributed by atoms with van der Waals surface area (Å²) >= 11 is 0. The third-order valence-electron chi connectivity index (χ3n) is 10.8. The van der Waals surface area contributed by atoms with Gasteiger partial charge in [0.1, 0.15) is 0 Å². The molecule has 0 aromatic heterocycles. The van der Waals surface area contributed by atoms with Gasteiger partial charge >= 0.3 is 0 Å². The van der Waals surface area contributed by atoms with E-state index in [2.05, 4.69) is 10.6 Å². The lowest BCUT2D eigenvalue weighted by Crippen LogP contribution is -2.60. The second-order valence-corrected chi connectivity index (χ2v) is 13.1. The molecule has 0 aromatic carbocycles. The highest BCUT2D eigenvalue weighted by Gasteiger charge is 2.57. The predicted octanol–water partition coefficient (Wildman–Crippen LogP) is 3.42. The van der Waals surface area contributed by atoms with Crippen LogP contribution in [0.15, 0.2) is 0 Å². The highest BCUT2D eigenvalue weighted by Crippen LogP contribution is 2.61. The minimum atomic E-state index is -0.133. The quantitative estimate of drug-likeness (QED) is 0.724. The fourth-order valence-electron chi connectivity index (χ4n) is 10.3. The first-order valence-corrected chi connectivity index (χ1v) is 13.2. The molecule has 8 saturated carbocycles. The second-order valence-electron chi connectivity index (χ2n) is 13.1. The van der Waals surface area contributed by atoms with Crippen molar-refractivity contribution in [1.82, 2.24) is 10.6 Å². The van der Waals surface area contributed by atoms with Crippen molar-refractivity contribution < 1.29 is 14.3 Å². The Bertz CT molecular complexity index is 657. The monoisotopic (exact) mass is 426 g/mol. The standard InChI is InChI=1S/C26H38N2O3/c29-23(25-7-15-1-16(8-25)3-17(2-15)9-25)27-21-13-31-14-22(21)28-24(30)26-10-18-4-19(11-26)6-20(5-18)12-26/h15-22H,1-14H2,(H,27,29)(H,28,30). The van der Waals surface area contributed by atoms with E-state index in [1.54, 1.807) is 0 Å². The largest absolute Gasteiger partial charge is 0.377 e. The first kappa shape index (κ1) is 19.4. The summed E-state index contributed by atoms with van der Waals surface area (Å²) in [6.45, 7) is 1.06. The van der Waals surface area contributed by atoms with Crippen molar-refractivity contribution in [2.75, 3.05) is 13.2 Å². The van der Waals surface area contributed by atoms with Crippen molar-refractivity contribution in [3.63, 3.8) is 0 Å². The number of nitrogens with one attached hydrogen (secondary N) is 2. The summed E-state index contributed by atoms with van der Waals surface area (Å²) in [7, 11) is 0. The average Bonchev–Trinajstić information content (AvgIpc) is 3.12. The van der Waals surface area contributed by atoms with Crippen LogP contribution < -0.4 is 10.6 Å². The highest BCUT2D eigenvalue weighted by molar-refractivity contribution is 5.85. The molecule has 0 spiro atoms. The van der Waals surface area contributed by atoms with Crippen LogP contribution in [0, 0.1) is 46.3 Å². The molecular weight excluding hydrogens is 388 g/mol. The molecule has 2 amide bonds. The zero-order valence-electron chi connectivity index (χ0n) is 18.7. The molecular formula is C26H38N2O3. The van der Waals surface area contributed by atoms with Gasteiger partial charge in [0.05, 0.1) is 25.3 Å². The molecule has 1 aliphatic heterocycles. The molecule has 8 bridgehead atoms. The molecule has 8 aliphatic carbocycles. The zero-order chi connectivity index (χ0) is 20.8. The number of hydrogen-bond acceptors (Lipinski definition) is 3. The van der Waals surface area contributed by atoms with Crippen LogP contribution in [-0.4, -0.2) is 37.1 Å². The molecule has 9 rings (SSSR count). The van der Waals surface area contributed by atoms with E-state index in [9.17, 15) is 9.59 Å². The normalized spacial score (nSPS) is 53.7. The third kappa shape index (κ3) is 3.04. The maximum atomic E-state index is 13.5. The summed E-state index contributed by atoms with van der Waals surface area (Å²) in [6, 6.07) is -0.142. The Hall–Kier alpha value is -1.10. The van der Waals surface area contributed by atoms with E-state index in [0.717, 1.165) is 74.0 Å². The minimum absolute atomic E-state index is 0.0710. The van der Waals surface area contributed by atoms with Crippen LogP contribution in [0.25, 0.3) is 0 Å². The van der Waals surface area contributed by atoms with Gasteiger partial charge in [-0.25, -0.2) is 0 Å². The van der Waals surface area contributed by atoms with Crippen LogP contribution in [0.2, 0.25) is 0 Å². The van der Waals surface area contributed by atoms with E-state index < -0.39 is 0 Å². The van der Waals surface area contributed by atoms with E-state index >= 15 is 0 Å². The van der Waals surface area contributed by atoms with E-state index in [1.807, 2.05) is 0 Å². The Morgan fingerprint density at radius 2 is 0.839 bits per heavy atom. The number of carbonyl (C=O) groups excluding carboxylic acids is 2. The van der Waals surface area contributed by atoms with Crippen molar-refractivity contribution in [1.29, 1.82) is 0 Å². The van der Waals surface area contributed by atoms with Crippen molar-refractivity contribution in [2.24, 2.45) is 46.3 Å². The molecule has 1 heterocycles. The van der Waals surface area contributed by atoms with Gasteiger partial charge in [-0.1, -0.05) is 0 Å². The second kappa shape index (κ2) is 6.71. The van der Waals surface area contributed by atoms with E-state index in [-0.39, 0.29) is 34.7 Å². The van der Waals surface area contributed by atoms with Crippen LogP contribution >= 0.6 is 0 Å². The van der Waals surface area contributed by atoms with Gasteiger partial charge in [-0.2, -0.15) is 0 Å². The molecule has 2 N–H and O–H groups in total. The van der Waals surface area contributed by atoms with Gasteiger partial charge in [0.15, 0.2) is 0 Å². The van der Waals surface area contributed by atoms with Gasteiger partial charge in [0.2, 0.25) is 11.8 Å². The van der Waals surface area contributed by atoms with Crippen LogP contribution in [-0.2, 0) is 14.3 Å². The fourth-order valence-corrected chi connectivity index (χ4v) is 10.3. The molecule has 170 valence electrons. The van der Waals surface area contributed by atoms with Gasteiger partial charge in [0, 0.05) is 10.8 Å². The highest BCUT2D eigenvalue weighted by atomic mass is 16.5. The molecule has 0 aromatic rings. The molecule has 9 aliphatic rings. The number of rotatable bonds is 4. The van der Waals surface area contributed by atoms with Crippen molar-refractivity contribution in [3.05, 3.63) is 0 Å². The summed E-state index contributed by atoms with van der Waals surface area (Å²) in [6.07, 6.45) is 14.6. The van der Waals surface area contributed by atoms with Gasteiger partial charge in [0.25, 0.3) is 0 Å². The number of ether oxygens (including phenoxy) is 1. The lowest BCUT2D eigenvalue weighted by Gasteiger charge is -2.56. The molecule has 2 unspecified atom stereocenters. The lowest BCUT2D eigenvalue weighted by molar-refractivity contribution is -0.149. The molecule has 0 radical (unpaired) electrons. The summed E-state index contributed by atoms with van der Waals surface area (Å²) < 4.78 is 5.78. The summed E-state index contributed by atoms with van der Waals surface area (Å²) in [5.74, 6) is 5.12. The molecule has 9 fully saturated rings. The Kier molecular flexibility index (Phi) is 4.19. The van der Waals surface area contributed by atoms with Gasteiger partial charge in [-0.3, -0.25) is 9.59 Å². The fraction of sp³-hybridized carbons (Fsp3) is 0.923. The SMILES string of the molecule is O=C(NC1COCC1NC(=O)C12CC3CC(CC(C3)C1)C2)C12CC3CC(CC(C3)C1)C2. The van der Waals surface area contributed by atoms with Crippen LogP contribution in [0.3, 0.4) is 0 Å². The van der Waals surface area contributed by atoms with Crippen LogP contribution in [0.4, 0.5) is 0 Å². The Morgan fingerprint density at radius 3 is 1.13 bits per heavy atom. The van der Waals surface area contributed by atoms with Crippen molar-refractivity contribution >= 4 is 11.8 Å². The molecule has 5 heteroatoms. The first-order chi connectivity index (χ1) is 15.0. The van der Waals surface area contributed by atoms with E-state index in [0.29, 0.717) is 13.2 Å². The smallest absolute Gasteiger partial charge is 0.226 e. The summed E-state index contributed by atoms with van der Waals surface area (Å²) in [5.41, 5.74) is -0.266. The lowest BCUT2D eigenvalue weighted by atomic mass is 9.49. The maximum Gasteiger partial charge on any atom is 0.226 e. The van der Waals surface area contributed by atoms with E-state index in [1.165, 1.54) is 38.5 Å². The summed E-state index contributed by atoms with van der Waals surface area (Å²) in [4.78, 5) is 27.1. The first-order valence-electron chi connectivity index (χ1n) is 13.2. The maximum absolute atomic E-state index is 13.5.